The van der Waals surface area contributed by atoms with Crippen LogP contribution in [0.15, 0.2) is 28.8 Å². The second kappa shape index (κ2) is 4.44. The van der Waals surface area contributed by atoms with E-state index in [0.717, 1.165) is 4.47 Å². The van der Waals surface area contributed by atoms with Crippen LogP contribution in [0.2, 0.25) is 0 Å². The molecule has 1 aliphatic heterocycles. The first-order chi connectivity index (χ1) is 7.96. The molecule has 0 atom stereocenters. The maximum atomic E-state index is 5.75. The standard InChI is InChI=1S/C11H13BrN2O3/c1-11(2)16-6-8(17-11)5-15-10-9(13)3-7(12)4-14-10/h3-4,6H,5,13H2,1-2H3. The van der Waals surface area contributed by atoms with E-state index in [0.29, 0.717) is 17.3 Å². The van der Waals surface area contributed by atoms with E-state index in [1.54, 1.807) is 12.3 Å². The van der Waals surface area contributed by atoms with E-state index in [4.69, 9.17) is 19.9 Å². The van der Waals surface area contributed by atoms with Gasteiger partial charge >= 0.3 is 0 Å². The van der Waals surface area contributed by atoms with Crippen LogP contribution in [0.3, 0.4) is 0 Å². The molecule has 0 aliphatic carbocycles. The predicted molar refractivity (Wildman–Crippen MR) is 66.2 cm³/mol. The summed E-state index contributed by atoms with van der Waals surface area (Å²) in [5, 5.41) is 0. The molecule has 17 heavy (non-hydrogen) atoms. The summed E-state index contributed by atoms with van der Waals surface area (Å²) in [4.78, 5) is 4.06. The second-order valence-electron chi connectivity index (χ2n) is 4.04. The summed E-state index contributed by atoms with van der Waals surface area (Å²) in [6.07, 6.45) is 3.16. The Morgan fingerprint density at radius 3 is 2.88 bits per heavy atom. The molecule has 1 aromatic rings. The number of hydrogen-bond acceptors (Lipinski definition) is 5. The highest BCUT2D eigenvalue weighted by atomic mass is 79.9. The summed E-state index contributed by atoms with van der Waals surface area (Å²) in [5.41, 5.74) is 6.22. The Balaban J connectivity index is 1.95. The fraction of sp³-hybridized carbons (Fsp3) is 0.364. The Morgan fingerprint density at radius 1 is 1.53 bits per heavy atom. The van der Waals surface area contributed by atoms with Gasteiger partial charge in [-0.1, -0.05) is 0 Å². The first-order valence-corrected chi connectivity index (χ1v) is 5.85. The lowest BCUT2D eigenvalue weighted by atomic mass is 10.4. The van der Waals surface area contributed by atoms with Crippen molar-refractivity contribution in [3.05, 3.63) is 28.8 Å². The zero-order chi connectivity index (χ0) is 12.5. The highest BCUT2D eigenvalue weighted by Gasteiger charge is 2.27. The number of nitrogen functional groups attached to an aromatic ring is 1. The van der Waals surface area contributed by atoms with Crippen molar-refractivity contribution in [2.24, 2.45) is 0 Å². The van der Waals surface area contributed by atoms with Crippen LogP contribution in [-0.4, -0.2) is 17.4 Å². The maximum absolute atomic E-state index is 5.75. The van der Waals surface area contributed by atoms with Gasteiger partial charge in [0.2, 0.25) is 11.7 Å². The fourth-order valence-electron chi connectivity index (χ4n) is 1.34. The van der Waals surface area contributed by atoms with Gasteiger partial charge in [0.15, 0.2) is 12.4 Å². The second-order valence-corrected chi connectivity index (χ2v) is 4.96. The van der Waals surface area contributed by atoms with Crippen LogP contribution < -0.4 is 10.5 Å². The van der Waals surface area contributed by atoms with Crippen LogP contribution in [0.5, 0.6) is 5.88 Å². The zero-order valence-corrected chi connectivity index (χ0v) is 11.2. The fourth-order valence-corrected chi connectivity index (χ4v) is 1.69. The number of nitrogens with zero attached hydrogens (tertiary/aromatic N) is 1. The molecule has 0 spiro atoms. The van der Waals surface area contributed by atoms with Gasteiger partial charge in [0, 0.05) is 24.5 Å². The monoisotopic (exact) mass is 300 g/mol. The topological polar surface area (TPSA) is 66.6 Å². The van der Waals surface area contributed by atoms with Crippen LogP contribution in [-0.2, 0) is 9.47 Å². The van der Waals surface area contributed by atoms with Gasteiger partial charge in [0.05, 0.1) is 5.69 Å². The molecule has 0 bridgehead atoms. The molecular weight excluding hydrogens is 288 g/mol. The molecule has 0 unspecified atom stereocenters. The van der Waals surface area contributed by atoms with Crippen molar-refractivity contribution in [1.82, 2.24) is 4.98 Å². The van der Waals surface area contributed by atoms with Gasteiger partial charge in [-0.15, -0.1) is 0 Å². The van der Waals surface area contributed by atoms with E-state index < -0.39 is 5.79 Å². The normalized spacial score (nSPS) is 17.0. The molecule has 0 fully saturated rings. The number of ether oxygens (including phenoxy) is 3. The van der Waals surface area contributed by atoms with Gasteiger partial charge in [-0.05, 0) is 22.0 Å². The molecule has 5 nitrogen and oxygen atoms in total. The summed E-state index contributed by atoms with van der Waals surface area (Å²) < 4.78 is 17.0. The molecule has 0 radical (unpaired) electrons. The number of pyridine rings is 1. The molecule has 0 saturated heterocycles. The smallest absolute Gasteiger partial charge is 0.244 e. The number of rotatable bonds is 3. The molecule has 0 saturated carbocycles. The lowest BCUT2D eigenvalue weighted by Gasteiger charge is -2.18. The van der Waals surface area contributed by atoms with Crippen molar-refractivity contribution in [3.63, 3.8) is 0 Å². The summed E-state index contributed by atoms with van der Waals surface area (Å²) >= 11 is 3.27. The first-order valence-electron chi connectivity index (χ1n) is 5.06. The Hall–Kier alpha value is -1.43. The maximum Gasteiger partial charge on any atom is 0.244 e. The van der Waals surface area contributed by atoms with E-state index in [9.17, 15) is 0 Å². The highest BCUT2D eigenvalue weighted by Crippen LogP contribution is 2.26. The van der Waals surface area contributed by atoms with E-state index >= 15 is 0 Å². The molecule has 2 N–H and O–H groups in total. The van der Waals surface area contributed by atoms with Gasteiger partial charge in [0.1, 0.15) is 6.26 Å². The number of hydrogen-bond donors (Lipinski definition) is 1. The third-order valence-electron chi connectivity index (χ3n) is 2.05. The first kappa shape index (κ1) is 12.0. The van der Waals surface area contributed by atoms with Gasteiger partial charge < -0.3 is 19.9 Å². The average Bonchev–Trinajstić information content (AvgIpc) is 2.57. The molecule has 0 aromatic carbocycles. The van der Waals surface area contributed by atoms with Crippen LogP contribution in [0, 0.1) is 0 Å². The Labute approximate surface area is 108 Å². The molecule has 2 heterocycles. The van der Waals surface area contributed by atoms with Crippen LogP contribution in [0.25, 0.3) is 0 Å². The minimum absolute atomic E-state index is 0.238. The molecule has 1 aliphatic rings. The van der Waals surface area contributed by atoms with Gasteiger partial charge in [-0.25, -0.2) is 4.98 Å². The van der Waals surface area contributed by atoms with E-state index in [2.05, 4.69) is 20.9 Å². The Morgan fingerprint density at radius 2 is 2.29 bits per heavy atom. The van der Waals surface area contributed by atoms with Crippen LogP contribution in [0.4, 0.5) is 5.69 Å². The van der Waals surface area contributed by atoms with Gasteiger partial charge in [0.25, 0.3) is 0 Å². The Kier molecular flexibility index (Phi) is 3.15. The quantitative estimate of drug-likeness (QED) is 0.928. The van der Waals surface area contributed by atoms with Crippen LogP contribution in [0.1, 0.15) is 13.8 Å². The summed E-state index contributed by atoms with van der Waals surface area (Å²) in [5.74, 6) is 0.360. The van der Waals surface area contributed by atoms with Gasteiger partial charge in [-0.3, -0.25) is 0 Å². The van der Waals surface area contributed by atoms with Crippen LogP contribution >= 0.6 is 15.9 Å². The Bertz CT molecular complexity index is 460. The van der Waals surface area contributed by atoms with E-state index in [-0.39, 0.29) is 6.61 Å². The zero-order valence-electron chi connectivity index (χ0n) is 9.57. The third kappa shape index (κ3) is 3.03. The summed E-state index contributed by atoms with van der Waals surface area (Å²) in [6.45, 7) is 3.88. The minimum atomic E-state index is -0.628. The minimum Gasteiger partial charge on any atom is -0.468 e. The largest absolute Gasteiger partial charge is 0.468 e. The van der Waals surface area contributed by atoms with E-state index in [1.165, 1.54) is 6.26 Å². The van der Waals surface area contributed by atoms with E-state index in [1.807, 2.05) is 13.8 Å². The lowest BCUT2D eigenvalue weighted by molar-refractivity contribution is -0.119. The third-order valence-corrected chi connectivity index (χ3v) is 2.48. The van der Waals surface area contributed by atoms with Crippen molar-refractivity contribution in [2.75, 3.05) is 12.3 Å². The summed E-state index contributed by atoms with van der Waals surface area (Å²) in [6, 6.07) is 1.73. The number of anilines is 1. The molecule has 1 aromatic heterocycles. The number of nitrogens with two attached hydrogens (primary N) is 1. The van der Waals surface area contributed by atoms with Crippen molar-refractivity contribution in [2.45, 2.75) is 19.6 Å². The van der Waals surface area contributed by atoms with Gasteiger partial charge in [-0.2, -0.15) is 0 Å². The number of halogens is 1. The molecule has 92 valence electrons. The number of aromatic nitrogens is 1. The molecule has 2 rings (SSSR count). The molecular formula is C11H13BrN2O3. The average molecular weight is 301 g/mol. The van der Waals surface area contributed by atoms with Crippen molar-refractivity contribution >= 4 is 21.6 Å². The van der Waals surface area contributed by atoms with Crippen molar-refractivity contribution in [3.8, 4) is 5.88 Å². The molecule has 0 amide bonds. The lowest BCUT2D eigenvalue weighted by Crippen LogP contribution is -2.21. The SMILES string of the molecule is CC1(C)OC=C(COc2ncc(Br)cc2N)O1. The molecule has 6 heteroatoms. The highest BCUT2D eigenvalue weighted by molar-refractivity contribution is 9.10. The predicted octanol–water partition coefficient (Wildman–Crippen LogP) is 2.43. The van der Waals surface area contributed by atoms with Crippen molar-refractivity contribution in [1.29, 1.82) is 0 Å². The summed E-state index contributed by atoms with van der Waals surface area (Å²) in [7, 11) is 0. The van der Waals surface area contributed by atoms with Crippen molar-refractivity contribution < 1.29 is 14.2 Å².